The molecule has 0 saturated heterocycles. The van der Waals surface area contributed by atoms with Gasteiger partial charge >= 0.3 is 6.18 Å². The monoisotopic (exact) mass is 441 g/mol. The Bertz CT molecular complexity index is 869. The van der Waals surface area contributed by atoms with Crippen LogP contribution in [-0.2, 0) is 33.6 Å². The third-order valence-electron chi connectivity index (χ3n) is 4.03. The average Bonchev–Trinajstić information content (AvgIpc) is 2.71. The highest BCUT2D eigenvalue weighted by atomic mass is 35.5. The Morgan fingerprint density at radius 2 is 1.83 bits per heavy atom. The number of hydrogen-bond donors (Lipinski definition) is 1. The second kappa shape index (κ2) is 11.7. The van der Waals surface area contributed by atoms with Crippen molar-refractivity contribution >= 4 is 23.6 Å². The Labute approximate surface area is 178 Å². The van der Waals surface area contributed by atoms with Gasteiger partial charge in [-0.1, -0.05) is 41.9 Å². The second-order valence-electron chi connectivity index (χ2n) is 6.36. The fourth-order valence-corrected chi connectivity index (χ4v) is 2.79. The first-order chi connectivity index (χ1) is 14.3. The lowest BCUT2D eigenvalue weighted by atomic mass is 10.1. The Hall–Kier alpha value is -2.35. The zero-order chi connectivity index (χ0) is 22.0. The molecule has 0 aromatic heterocycles. The Morgan fingerprint density at radius 3 is 2.57 bits per heavy atom. The normalized spacial score (nSPS) is 11.8. The standard InChI is InChI=1S/C22H23ClF3NO3/c1-2-29-10-11-30-15-18-5-3-4-17(12-18)14-27-21(28)9-7-16-6-8-20(23)19(13-16)22(24,25)26/h3-9,12-13H,2,10-11,14-15H2,1H3,(H,27,28)/b9-7+. The number of alkyl halides is 3. The highest BCUT2D eigenvalue weighted by molar-refractivity contribution is 6.31. The maximum Gasteiger partial charge on any atom is 0.417 e. The van der Waals surface area contributed by atoms with Gasteiger partial charge in [0.25, 0.3) is 0 Å². The van der Waals surface area contributed by atoms with Gasteiger partial charge in [0, 0.05) is 19.2 Å². The molecule has 0 aliphatic heterocycles. The minimum atomic E-state index is -4.55. The molecule has 0 aliphatic rings. The first-order valence-corrected chi connectivity index (χ1v) is 9.73. The minimum absolute atomic E-state index is 0.230. The number of ether oxygens (including phenoxy) is 2. The summed E-state index contributed by atoms with van der Waals surface area (Å²) in [5.41, 5.74) is 1.14. The van der Waals surface area contributed by atoms with Gasteiger partial charge in [-0.25, -0.2) is 0 Å². The molecule has 1 N–H and O–H groups in total. The topological polar surface area (TPSA) is 47.6 Å². The fourth-order valence-electron chi connectivity index (χ4n) is 2.57. The van der Waals surface area contributed by atoms with Crippen LogP contribution in [0.2, 0.25) is 5.02 Å². The van der Waals surface area contributed by atoms with Crippen molar-refractivity contribution in [1.29, 1.82) is 0 Å². The maximum atomic E-state index is 12.9. The van der Waals surface area contributed by atoms with Crippen molar-refractivity contribution in [2.24, 2.45) is 0 Å². The Kier molecular flexibility index (Phi) is 9.36. The van der Waals surface area contributed by atoms with Crippen molar-refractivity contribution in [2.75, 3.05) is 19.8 Å². The Balaban J connectivity index is 1.87. The van der Waals surface area contributed by atoms with E-state index in [0.29, 0.717) is 26.4 Å². The van der Waals surface area contributed by atoms with Crippen molar-refractivity contribution in [2.45, 2.75) is 26.3 Å². The molecule has 0 fully saturated rings. The zero-order valence-electron chi connectivity index (χ0n) is 16.5. The highest BCUT2D eigenvalue weighted by Crippen LogP contribution is 2.35. The summed E-state index contributed by atoms with van der Waals surface area (Å²) >= 11 is 5.59. The van der Waals surface area contributed by atoms with Crippen molar-refractivity contribution in [1.82, 2.24) is 5.32 Å². The summed E-state index contributed by atoms with van der Waals surface area (Å²) in [6.07, 6.45) is -2.06. The molecule has 0 radical (unpaired) electrons. The molecule has 0 bridgehead atoms. The molecule has 4 nitrogen and oxygen atoms in total. The van der Waals surface area contributed by atoms with Gasteiger partial charge < -0.3 is 14.8 Å². The number of amides is 1. The van der Waals surface area contributed by atoms with Gasteiger partial charge in [0.2, 0.25) is 5.91 Å². The van der Waals surface area contributed by atoms with E-state index in [1.807, 2.05) is 31.2 Å². The van der Waals surface area contributed by atoms with Crippen LogP contribution in [0.15, 0.2) is 48.5 Å². The molecule has 30 heavy (non-hydrogen) atoms. The molecule has 0 unspecified atom stereocenters. The van der Waals surface area contributed by atoms with Crippen LogP contribution >= 0.6 is 11.6 Å². The summed E-state index contributed by atoms with van der Waals surface area (Å²) in [7, 11) is 0. The average molecular weight is 442 g/mol. The summed E-state index contributed by atoms with van der Waals surface area (Å²) < 4.78 is 49.4. The third-order valence-corrected chi connectivity index (χ3v) is 4.36. The van der Waals surface area contributed by atoms with E-state index in [1.165, 1.54) is 18.2 Å². The van der Waals surface area contributed by atoms with Crippen molar-refractivity contribution in [3.8, 4) is 0 Å². The molecule has 0 spiro atoms. The van der Waals surface area contributed by atoms with E-state index in [1.54, 1.807) is 0 Å². The number of benzene rings is 2. The number of hydrogen-bond acceptors (Lipinski definition) is 3. The molecule has 0 atom stereocenters. The number of nitrogens with one attached hydrogen (secondary N) is 1. The predicted molar refractivity (Wildman–Crippen MR) is 110 cm³/mol. The van der Waals surface area contributed by atoms with E-state index in [4.69, 9.17) is 21.1 Å². The van der Waals surface area contributed by atoms with Crippen LogP contribution in [0.5, 0.6) is 0 Å². The Morgan fingerprint density at radius 1 is 1.10 bits per heavy atom. The predicted octanol–water partition coefficient (Wildman–Crippen LogP) is 5.24. The van der Waals surface area contributed by atoms with Gasteiger partial charge in [-0.3, -0.25) is 4.79 Å². The van der Waals surface area contributed by atoms with Gasteiger partial charge in [-0.15, -0.1) is 0 Å². The van der Waals surface area contributed by atoms with E-state index >= 15 is 0 Å². The van der Waals surface area contributed by atoms with Crippen LogP contribution in [0.4, 0.5) is 13.2 Å². The van der Waals surface area contributed by atoms with E-state index in [-0.39, 0.29) is 17.1 Å². The van der Waals surface area contributed by atoms with Crippen LogP contribution in [0.3, 0.4) is 0 Å². The van der Waals surface area contributed by atoms with Gasteiger partial charge in [0.15, 0.2) is 0 Å². The fraction of sp³-hybridized carbons (Fsp3) is 0.318. The molecule has 162 valence electrons. The number of halogens is 4. The zero-order valence-corrected chi connectivity index (χ0v) is 17.2. The largest absolute Gasteiger partial charge is 0.417 e. The van der Waals surface area contributed by atoms with E-state index in [0.717, 1.165) is 23.3 Å². The quantitative estimate of drug-likeness (QED) is 0.405. The van der Waals surface area contributed by atoms with Crippen LogP contribution in [0.25, 0.3) is 6.08 Å². The first kappa shape index (κ1) is 23.9. The van der Waals surface area contributed by atoms with Crippen LogP contribution in [-0.4, -0.2) is 25.7 Å². The van der Waals surface area contributed by atoms with Crippen LogP contribution in [0.1, 0.15) is 29.2 Å². The van der Waals surface area contributed by atoms with E-state index in [2.05, 4.69) is 5.32 Å². The lowest BCUT2D eigenvalue weighted by Gasteiger charge is -2.09. The van der Waals surface area contributed by atoms with Crippen molar-refractivity contribution in [3.63, 3.8) is 0 Å². The SMILES string of the molecule is CCOCCOCc1cccc(CNC(=O)/C=C/c2ccc(Cl)c(C(F)(F)F)c2)c1. The molecule has 0 heterocycles. The summed E-state index contributed by atoms with van der Waals surface area (Å²) in [5.74, 6) is -0.420. The highest BCUT2D eigenvalue weighted by Gasteiger charge is 2.33. The van der Waals surface area contributed by atoms with E-state index < -0.39 is 17.6 Å². The molecule has 0 saturated carbocycles. The summed E-state index contributed by atoms with van der Waals surface area (Å²) in [6.45, 7) is 4.32. The van der Waals surface area contributed by atoms with Gasteiger partial charge in [0.05, 0.1) is 30.4 Å². The van der Waals surface area contributed by atoms with Gasteiger partial charge in [-0.05, 0) is 41.8 Å². The van der Waals surface area contributed by atoms with E-state index in [9.17, 15) is 18.0 Å². The summed E-state index contributed by atoms with van der Waals surface area (Å²) in [4.78, 5) is 12.0. The van der Waals surface area contributed by atoms with Gasteiger partial charge in [-0.2, -0.15) is 13.2 Å². The number of carbonyl (C=O) groups is 1. The van der Waals surface area contributed by atoms with Crippen molar-refractivity contribution in [3.05, 3.63) is 75.8 Å². The van der Waals surface area contributed by atoms with Crippen molar-refractivity contribution < 1.29 is 27.4 Å². The molecular formula is C22H23ClF3NO3. The third kappa shape index (κ3) is 8.18. The molecular weight excluding hydrogens is 419 g/mol. The molecule has 0 aliphatic carbocycles. The first-order valence-electron chi connectivity index (χ1n) is 9.35. The second-order valence-corrected chi connectivity index (χ2v) is 6.76. The molecule has 1 amide bonds. The molecule has 2 rings (SSSR count). The number of carbonyl (C=O) groups excluding carboxylic acids is 1. The van der Waals surface area contributed by atoms with Gasteiger partial charge in [0.1, 0.15) is 0 Å². The van der Waals surface area contributed by atoms with Crippen LogP contribution in [0, 0.1) is 0 Å². The molecule has 2 aromatic carbocycles. The maximum absolute atomic E-state index is 12.9. The van der Waals surface area contributed by atoms with Crippen LogP contribution < -0.4 is 5.32 Å². The summed E-state index contributed by atoms with van der Waals surface area (Å²) in [5, 5.41) is 2.32. The molecule has 2 aromatic rings. The summed E-state index contributed by atoms with van der Waals surface area (Å²) in [6, 6.07) is 11.0. The number of rotatable bonds is 10. The smallest absolute Gasteiger partial charge is 0.379 e. The lowest BCUT2D eigenvalue weighted by molar-refractivity contribution is -0.137. The minimum Gasteiger partial charge on any atom is -0.379 e. The molecule has 8 heteroatoms. The lowest BCUT2D eigenvalue weighted by Crippen LogP contribution is -2.20.